The fraction of sp³-hybridized carbons (Fsp3) is 0.250. The lowest BCUT2D eigenvalue weighted by atomic mass is 9.87. The number of nitrogens with zero attached hydrogens (tertiary/aromatic N) is 1. The summed E-state index contributed by atoms with van der Waals surface area (Å²) in [7, 11) is -3.93. The van der Waals surface area contributed by atoms with Crippen molar-refractivity contribution in [1.82, 2.24) is 15.2 Å². The number of amides is 2. The average molecular weight is 469 g/mol. The Kier molecular flexibility index (Phi) is 7.35. The van der Waals surface area contributed by atoms with Crippen molar-refractivity contribution < 1.29 is 18.0 Å². The molecule has 1 aliphatic heterocycles. The lowest BCUT2D eigenvalue weighted by Gasteiger charge is -2.21. The first kappa shape index (κ1) is 24.2. The van der Waals surface area contributed by atoms with Crippen LogP contribution >= 0.6 is 0 Å². The van der Waals surface area contributed by atoms with E-state index in [1.807, 2.05) is 39.0 Å². The van der Waals surface area contributed by atoms with E-state index in [-0.39, 0.29) is 22.8 Å². The number of carbonyl (C=O) groups is 2. The molecule has 3 N–H and O–H groups in total. The van der Waals surface area contributed by atoms with Gasteiger partial charge in [-0.1, -0.05) is 57.2 Å². The van der Waals surface area contributed by atoms with Gasteiger partial charge in [0.25, 0.3) is 15.9 Å². The third-order valence-electron chi connectivity index (χ3n) is 4.96. The maximum absolute atomic E-state index is 12.5. The number of rotatable bonds is 7. The number of hydrazine groups is 1. The average Bonchev–Trinajstić information content (AvgIpc) is 2.78. The molecule has 0 saturated carbocycles. The van der Waals surface area contributed by atoms with E-state index >= 15 is 0 Å². The van der Waals surface area contributed by atoms with Gasteiger partial charge in [-0.25, -0.2) is 8.42 Å². The zero-order valence-electron chi connectivity index (χ0n) is 18.8. The van der Waals surface area contributed by atoms with Crippen LogP contribution < -0.4 is 15.6 Å². The van der Waals surface area contributed by atoms with Gasteiger partial charge in [0, 0.05) is 23.7 Å². The maximum atomic E-state index is 12.5. The quantitative estimate of drug-likeness (QED) is 0.542. The van der Waals surface area contributed by atoms with Crippen LogP contribution in [0.15, 0.2) is 83.5 Å². The van der Waals surface area contributed by atoms with Crippen molar-refractivity contribution in [2.24, 2.45) is 0 Å². The van der Waals surface area contributed by atoms with Crippen LogP contribution in [-0.4, -0.2) is 31.7 Å². The normalized spacial score (nSPS) is 13.9. The lowest BCUT2D eigenvalue weighted by molar-refractivity contribution is -0.118. The Balaban J connectivity index is 1.58. The molecule has 174 valence electrons. The molecular formula is C24H28N4O4S. The van der Waals surface area contributed by atoms with Gasteiger partial charge in [-0.15, -0.1) is 4.83 Å². The highest BCUT2D eigenvalue weighted by Crippen LogP contribution is 2.23. The molecule has 0 aromatic heterocycles. The Hall–Kier alpha value is -3.43. The first-order valence-electron chi connectivity index (χ1n) is 10.5. The SMILES string of the molecule is CC(C)(C)c1ccc(S(=O)(=O)NNC(=O)C2=CN(CC(=O)Nc3ccccc3)C=CC2)cc1. The minimum atomic E-state index is -3.93. The van der Waals surface area contributed by atoms with Crippen LogP contribution in [0.3, 0.4) is 0 Å². The Morgan fingerprint density at radius 2 is 1.67 bits per heavy atom. The minimum absolute atomic E-state index is 0.00796. The molecule has 0 fully saturated rings. The van der Waals surface area contributed by atoms with Gasteiger partial charge in [0.15, 0.2) is 0 Å². The predicted molar refractivity (Wildman–Crippen MR) is 127 cm³/mol. The predicted octanol–water partition coefficient (Wildman–Crippen LogP) is 3.04. The highest BCUT2D eigenvalue weighted by atomic mass is 32.2. The molecule has 8 nitrogen and oxygen atoms in total. The minimum Gasteiger partial charge on any atom is -0.345 e. The number of hydrogen-bond donors (Lipinski definition) is 3. The molecule has 2 aromatic rings. The van der Waals surface area contributed by atoms with Crippen LogP contribution in [0, 0.1) is 0 Å². The van der Waals surface area contributed by atoms with Gasteiger partial charge < -0.3 is 10.2 Å². The first-order chi connectivity index (χ1) is 15.5. The summed E-state index contributed by atoms with van der Waals surface area (Å²) in [5.41, 5.74) is 4.13. The van der Waals surface area contributed by atoms with Crippen molar-refractivity contribution in [1.29, 1.82) is 0 Å². The Morgan fingerprint density at radius 3 is 2.30 bits per heavy atom. The van der Waals surface area contributed by atoms with E-state index < -0.39 is 15.9 Å². The fourth-order valence-corrected chi connectivity index (χ4v) is 3.97. The lowest BCUT2D eigenvalue weighted by Crippen LogP contribution is -2.42. The molecule has 0 spiro atoms. The van der Waals surface area contributed by atoms with Crippen LogP contribution in [0.4, 0.5) is 5.69 Å². The van der Waals surface area contributed by atoms with Gasteiger partial charge in [0.2, 0.25) is 5.91 Å². The van der Waals surface area contributed by atoms with E-state index in [1.54, 1.807) is 41.4 Å². The summed E-state index contributed by atoms with van der Waals surface area (Å²) >= 11 is 0. The third kappa shape index (κ3) is 6.77. The molecule has 0 bridgehead atoms. The summed E-state index contributed by atoms with van der Waals surface area (Å²) in [6, 6.07) is 15.6. The molecule has 2 aromatic carbocycles. The van der Waals surface area contributed by atoms with Crippen molar-refractivity contribution in [3.63, 3.8) is 0 Å². The van der Waals surface area contributed by atoms with E-state index in [0.717, 1.165) is 5.56 Å². The van der Waals surface area contributed by atoms with Crippen molar-refractivity contribution in [2.45, 2.75) is 37.5 Å². The van der Waals surface area contributed by atoms with E-state index in [0.29, 0.717) is 17.7 Å². The first-order valence-corrected chi connectivity index (χ1v) is 11.9. The molecule has 2 amide bonds. The van der Waals surface area contributed by atoms with Gasteiger partial charge >= 0.3 is 0 Å². The Labute approximate surface area is 194 Å². The summed E-state index contributed by atoms with van der Waals surface area (Å²) < 4.78 is 25.1. The number of sulfonamides is 1. The summed E-state index contributed by atoms with van der Waals surface area (Å²) in [6.45, 7) is 6.12. The molecule has 0 radical (unpaired) electrons. The second-order valence-electron chi connectivity index (χ2n) is 8.66. The van der Waals surface area contributed by atoms with E-state index in [4.69, 9.17) is 0 Å². The second-order valence-corrected chi connectivity index (χ2v) is 10.3. The highest BCUT2D eigenvalue weighted by Gasteiger charge is 2.20. The number of hydrogen-bond acceptors (Lipinski definition) is 5. The molecule has 9 heteroatoms. The summed E-state index contributed by atoms with van der Waals surface area (Å²) in [6.07, 6.45) is 5.25. The van der Waals surface area contributed by atoms with Crippen molar-refractivity contribution >= 4 is 27.5 Å². The van der Waals surface area contributed by atoms with E-state index in [1.165, 1.54) is 18.3 Å². The third-order valence-corrected chi connectivity index (χ3v) is 6.22. The van der Waals surface area contributed by atoms with Crippen molar-refractivity contribution in [3.8, 4) is 0 Å². The number of nitrogens with one attached hydrogen (secondary N) is 3. The zero-order chi connectivity index (χ0) is 24.1. The van der Waals surface area contributed by atoms with Crippen LogP contribution in [0.5, 0.6) is 0 Å². The summed E-state index contributed by atoms with van der Waals surface area (Å²) in [5.74, 6) is -0.842. The van der Waals surface area contributed by atoms with Crippen molar-refractivity contribution in [3.05, 3.63) is 84.2 Å². The van der Waals surface area contributed by atoms with Crippen LogP contribution in [0.2, 0.25) is 0 Å². The largest absolute Gasteiger partial charge is 0.345 e. The molecule has 0 aliphatic carbocycles. The molecular weight excluding hydrogens is 440 g/mol. The molecule has 1 heterocycles. The maximum Gasteiger partial charge on any atom is 0.263 e. The number of benzene rings is 2. The van der Waals surface area contributed by atoms with Crippen LogP contribution in [0.1, 0.15) is 32.8 Å². The zero-order valence-corrected chi connectivity index (χ0v) is 19.6. The molecule has 3 rings (SSSR count). The van der Waals surface area contributed by atoms with E-state index in [9.17, 15) is 18.0 Å². The highest BCUT2D eigenvalue weighted by molar-refractivity contribution is 7.89. The van der Waals surface area contributed by atoms with Gasteiger partial charge in [-0.05, 0) is 41.7 Å². The Bertz CT molecular complexity index is 1170. The number of allylic oxidation sites excluding steroid dienone is 1. The van der Waals surface area contributed by atoms with Gasteiger partial charge in [-0.2, -0.15) is 0 Å². The second kappa shape index (κ2) is 10.0. The number of carbonyl (C=O) groups excluding carboxylic acids is 2. The van der Waals surface area contributed by atoms with Gasteiger partial charge in [-0.3, -0.25) is 15.0 Å². The van der Waals surface area contributed by atoms with Gasteiger partial charge in [0.05, 0.1) is 4.90 Å². The Morgan fingerprint density at radius 1 is 1.00 bits per heavy atom. The van der Waals surface area contributed by atoms with Gasteiger partial charge in [0.1, 0.15) is 6.54 Å². The topological polar surface area (TPSA) is 108 Å². The standard InChI is InChI=1S/C24H28N4O4S/c1-24(2,3)19-11-13-21(14-12-19)33(31,32)27-26-23(30)18-8-7-15-28(16-18)17-22(29)25-20-9-5-4-6-10-20/h4-7,9-16,27H,8,17H2,1-3H3,(H,25,29)(H,26,30). The van der Waals surface area contributed by atoms with Crippen LogP contribution in [0.25, 0.3) is 0 Å². The summed E-state index contributed by atoms with van der Waals surface area (Å²) in [4.78, 5) is 28.5. The molecule has 0 unspecified atom stereocenters. The monoisotopic (exact) mass is 468 g/mol. The number of anilines is 1. The molecule has 0 atom stereocenters. The fourth-order valence-electron chi connectivity index (χ4n) is 3.14. The molecule has 0 saturated heterocycles. The molecule has 33 heavy (non-hydrogen) atoms. The number of para-hydroxylation sites is 1. The van der Waals surface area contributed by atoms with Crippen molar-refractivity contribution in [2.75, 3.05) is 11.9 Å². The van der Waals surface area contributed by atoms with Crippen LogP contribution in [-0.2, 0) is 25.0 Å². The molecule has 1 aliphatic rings. The van der Waals surface area contributed by atoms with E-state index in [2.05, 4.69) is 15.6 Å². The smallest absolute Gasteiger partial charge is 0.263 e. The summed E-state index contributed by atoms with van der Waals surface area (Å²) in [5, 5.41) is 2.77.